The van der Waals surface area contributed by atoms with Gasteiger partial charge < -0.3 is 0 Å². The second-order valence-electron chi connectivity index (χ2n) is 10.9. The van der Waals surface area contributed by atoms with E-state index in [1.54, 1.807) is 6.08 Å². The van der Waals surface area contributed by atoms with Crippen molar-refractivity contribution in [3.8, 4) is 0 Å². The van der Waals surface area contributed by atoms with E-state index in [2.05, 4.69) is 13.5 Å². The van der Waals surface area contributed by atoms with Gasteiger partial charge in [0.05, 0.1) is 0 Å². The molecule has 0 nitrogen and oxygen atoms in total. The number of allylic oxidation sites excluding steroid dienone is 1. The summed E-state index contributed by atoms with van der Waals surface area (Å²) in [6.07, 6.45) is 18.9. The molecule has 2 aliphatic rings. The van der Waals surface area contributed by atoms with Crippen molar-refractivity contribution in [1.29, 1.82) is 0 Å². The first-order chi connectivity index (χ1) is 16.1. The molecule has 0 amide bonds. The van der Waals surface area contributed by atoms with Gasteiger partial charge in [-0.25, -0.2) is 8.78 Å². The molecule has 0 N–H and O–H groups in total. The van der Waals surface area contributed by atoms with E-state index >= 15 is 4.39 Å². The molecule has 2 aromatic carbocycles. The molecule has 0 spiro atoms. The van der Waals surface area contributed by atoms with Crippen LogP contribution < -0.4 is 0 Å². The van der Waals surface area contributed by atoms with Crippen molar-refractivity contribution < 1.29 is 8.78 Å². The quantitative estimate of drug-likeness (QED) is 0.248. The van der Waals surface area contributed by atoms with Crippen LogP contribution in [0.1, 0.15) is 107 Å². The summed E-state index contributed by atoms with van der Waals surface area (Å²) in [6.45, 7) is 6.00. The van der Waals surface area contributed by atoms with Gasteiger partial charge in [0.15, 0.2) is 0 Å². The van der Waals surface area contributed by atoms with Gasteiger partial charge in [-0.3, -0.25) is 0 Å². The average molecular weight is 453 g/mol. The lowest BCUT2D eigenvalue weighted by Gasteiger charge is -2.42. The summed E-state index contributed by atoms with van der Waals surface area (Å²) < 4.78 is 30.2. The SMILES string of the molecule is C=CCCc1ccc2cc(C3CCC4CC(CCCCCCC)CCC4C3)c(F)cc2c1F. The maximum absolute atomic E-state index is 15.2. The molecule has 2 heteroatoms. The molecular formula is C31H42F2. The predicted octanol–water partition coefficient (Wildman–Crippen LogP) is 9.90. The summed E-state index contributed by atoms with van der Waals surface area (Å²) in [5, 5.41) is 1.26. The molecule has 0 saturated heterocycles. The molecule has 0 aliphatic heterocycles. The van der Waals surface area contributed by atoms with Gasteiger partial charge in [0.25, 0.3) is 0 Å². The lowest BCUT2D eigenvalue weighted by atomic mass is 9.63. The second-order valence-corrected chi connectivity index (χ2v) is 10.9. The van der Waals surface area contributed by atoms with Crippen LogP contribution in [0.3, 0.4) is 0 Å². The number of halogens is 2. The first kappa shape index (κ1) is 24.4. The molecule has 4 atom stereocenters. The lowest BCUT2D eigenvalue weighted by molar-refractivity contribution is 0.112. The van der Waals surface area contributed by atoms with E-state index in [1.165, 1.54) is 70.3 Å². The van der Waals surface area contributed by atoms with E-state index in [-0.39, 0.29) is 17.6 Å². The van der Waals surface area contributed by atoms with Crippen LogP contribution in [0.25, 0.3) is 10.8 Å². The summed E-state index contributed by atoms with van der Waals surface area (Å²) in [5.41, 5.74) is 1.47. The Kier molecular flexibility index (Phi) is 8.61. The van der Waals surface area contributed by atoms with Gasteiger partial charge in [-0.05, 0) is 97.3 Å². The Morgan fingerprint density at radius 3 is 2.55 bits per heavy atom. The average Bonchev–Trinajstić information content (AvgIpc) is 2.83. The van der Waals surface area contributed by atoms with Gasteiger partial charge in [-0.2, -0.15) is 0 Å². The van der Waals surface area contributed by atoms with Crippen molar-refractivity contribution in [2.24, 2.45) is 17.8 Å². The molecule has 0 bridgehead atoms. The second kappa shape index (κ2) is 11.6. The van der Waals surface area contributed by atoms with Gasteiger partial charge >= 0.3 is 0 Å². The van der Waals surface area contributed by atoms with E-state index in [9.17, 15) is 4.39 Å². The van der Waals surface area contributed by atoms with Crippen LogP contribution >= 0.6 is 0 Å². The fourth-order valence-electron chi connectivity index (χ4n) is 6.70. The fourth-order valence-corrected chi connectivity index (χ4v) is 6.70. The van der Waals surface area contributed by atoms with E-state index in [0.717, 1.165) is 48.0 Å². The zero-order chi connectivity index (χ0) is 23.2. The van der Waals surface area contributed by atoms with E-state index < -0.39 is 0 Å². The molecule has 2 aliphatic carbocycles. The van der Waals surface area contributed by atoms with Gasteiger partial charge in [0.1, 0.15) is 11.6 Å². The van der Waals surface area contributed by atoms with Crippen LogP contribution in [0.4, 0.5) is 8.78 Å². The Hall–Kier alpha value is -1.70. The number of unbranched alkanes of at least 4 members (excludes halogenated alkanes) is 4. The van der Waals surface area contributed by atoms with Crippen LogP contribution in [0, 0.1) is 29.4 Å². The van der Waals surface area contributed by atoms with Crippen LogP contribution in [0.15, 0.2) is 36.9 Å². The largest absolute Gasteiger partial charge is 0.207 e. The number of benzene rings is 2. The molecule has 4 unspecified atom stereocenters. The Morgan fingerprint density at radius 1 is 0.939 bits per heavy atom. The number of hydrogen-bond donors (Lipinski definition) is 0. The van der Waals surface area contributed by atoms with E-state index in [1.807, 2.05) is 18.2 Å². The van der Waals surface area contributed by atoms with Crippen LogP contribution in [0.2, 0.25) is 0 Å². The molecule has 2 fully saturated rings. The highest BCUT2D eigenvalue weighted by atomic mass is 19.1. The van der Waals surface area contributed by atoms with Crippen molar-refractivity contribution in [3.05, 3.63) is 59.7 Å². The molecule has 0 aromatic heterocycles. The Labute approximate surface area is 199 Å². The lowest BCUT2D eigenvalue weighted by Crippen LogP contribution is -2.30. The number of fused-ring (bicyclic) bond motifs is 2. The molecule has 0 radical (unpaired) electrons. The van der Waals surface area contributed by atoms with Crippen molar-refractivity contribution in [2.75, 3.05) is 0 Å². The molecule has 180 valence electrons. The predicted molar refractivity (Wildman–Crippen MR) is 137 cm³/mol. The summed E-state index contributed by atoms with van der Waals surface area (Å²) in [4.78, 5) is 0. The van der Waals surface area contributed by atoms with Crippen molar-refractivity contribution in [1.82, 2.24) is 0 Å². The third-order valence-electron chi connectivity index (χ3n) is 8.65. The topological polar surface area (TPSA) is 0 Å². The van der Waals surface area contributed by atoms with Gasteiger partial charge in [-0.15, -0.1) is 6.58 Å². The Morgan fingerprint density at radius 2 is 1.73 bits per heavy atom. The zero-order valence-electron chi connectivity index (χ0n) is 20.6. The zero-order valence-corrected chi connectivity index (χ0v) is 20.6. The molecule has 2 aromatic rings. The normalized spacial score (nSPS) is 25.2. The van der Waals surface area contributed by atoms with Gasteiger partial charge in [0, 0.05) is 5.39 Å². The highest BCUT2D eigenvalue weighted by Gasteiger charge is 2.36. The molecule has 0 heterocycles. The maximum atomic E-state index is 15.2. The van der Waals surface area contributed by atoms with Crippen LogP contribution in [0.5, 0.6) is 0 Å². The van der Waals surface area contributed by atoms with Crippen LogP contribution in [-0.2, 0) is 6.42 Å². The standard InChI is InChI=1S/C31H42F2/c1-3-5-7-8-9-10-22-12-13-25-19-26(17-15-24(25)18-22)28-20-27-16-14-23(11-6-4-2)31(33)29(27)21-30(28)32/h4,14,16,20-22,24-26H,2-3,5-13,15,17-19H2,1H3. The molecular weight excluding hydrogens is 410 g/mol. The van der Waals surface area contributed by atoms with Crippen molar-refractivity contribution >= 4 is 10.8 Å². The minimum atomic E-state index is -0.267. The Balaban J connectivity index is 1.38. The number of aryl methyl sites for hydroxylation is 1. The summed E-state index contributed by atoms with van der Waals surface area (Å²) in [6, 6.07) is 7.23. The monoisotopic (exact) mass is 452 g/mol. The minimum absolute atomic E-state index is 0.216. The number of hydrogen-bond acceptors (Lipinski definition) is 0. The van der Waals surface area contributed by atoms with Crippen LogP contribution in [-0.4, -0.2) is 0 Å². The van der Waals surface area contributed by atoms with Crippen molar-refractivity contribution in [2.45, 2.75) is 103 Å². The first-order valence-electron chi connectivity index (χ1n) is 13.6. The van der Waals surface area contributed by atoms with E-state index in [0.29, 0.717) is 17.4 Å². The van der Waals surface area contributed by atoms with Gasteiger partial charge in [0.2, 0.25) is 0 Å². The molecule has 4 rings (SSSR count). The van der Waals surface area contributed by atoms with E-state index in [4.69, 9.17) is 0 Å². The number of rotatable bonds is 10. The third-order valence-corrected chi connectivity index (χ3v) is 8.65. The third kappa shape index (κ3) is 5.87. The fraction of sp³-hybridized carbons (Fsp3) is 0.613. The molecule has 33 heavy (non-hydrogen) atoms. The summed E-state index contributed by atoms with van der Waals surface area (Å²) in [5.74, 6) is 2.30. The minimum Gasteiger partial charge on any atom is -0.207 e. The highest BCUT2D eigenvalue weighted by molar-refractivity contribution is 5.85. The smallest absolute Gasteiger partial charge is 0.134 e. The molecule has 2 saturated carbocycles. The first-order valence-corrected chi connectivity index (χ1v) is 13.6. The maximum Gasteiger partial charge on any atom is 0.134 e. The Bertz CT molecular complexity index is 930. The summed E-state index contributed by atoms with van der Waals surface area (Å²) >= 11 is 0. The summed E-state index contributed by atoms with van der Waals surface area (Å²) in [7, 11) is 0. The van der Waals surface area contributed by atoms with Gasteiger partial charge in [-0.1, -0.05) is 70.1 Å². The van der Waals surface area contributed by atoms with Crippen molar-refractivity contribution in [3.63, 3.8) is 0 Å². The highest BCUT2D eigenvalue weighted by Crippen LogP contribution is 2.49.